The lowest BCUT2D eigenvalue weighted by atomic mass is 9.66. The van der Waals surface area contributed by atoms with Gasteiger partial charge in [0.25, 0.3) is 0 Å². The fourth-order valence-corrected chi connectivity index (χ4v) is 5.73. The second-order valence-electron chi connectivity index (χ2n) is 10.8. The summed E-state index contributed by atoms with van der Waals surface area (Å²) in [5.74, 6) is 2.75. The minimum atomic E-state index is -0.603. The molecule has 35 heavy (non-hydrogen) atoms. The summed E-state index contributed by atoms with van der Waals surface area (Å²) in [6.07, 6.45) is 6.70. The first kappa shape index (κ1) is 23.5. The number of rotatable bonds is 4. The highest BCUT2D eigenvalue weighted by atomic mass is 16.2. The Kier molecular flexibility index (Phi) is 5.67. The number of hydrogen-bond acceptors (Lipinski definition) is 8. The van der Waals surface area contributed by atoms with Crippen LogP contribution in [0.3, 0.4) is 0 Å². The van der Waals surface area contributed by atoms with Gasteiger partial charge in [-0.3, -0.25) is 4.79 Å². The number of hydrogen-bond donors (Lipinski definition) is 1. The van der Waals surface area contributed by atoms with Crippen LogP contribution in [0.15, 0.2) is 24.7 Å². The lowest BCUT2D eigenvalue weighted by molar-refractivity contribution is -0.140. The largest absolute Gasteiger partial charge is 0.350 e. The summed E-state index contributed by atoms with van der Waals surface area (Å²) in [6.45, 7) is 10.3. The number of carbonyl (C=O) groups excluding carboxylic acids is 1. The zero-order valence-corrected chi connectivity index (χ0v) is 21.2. The van der Waals surface area contributed by atoms with Gasteiger partial charge in [-0.05, 0) is 59.7 Å². The molecule has 2 fully saturated rings. The summed E-state index contributed by atoms with van der Waals surface area (Å²) in [5.41, 5.74) is 1.19. The topological polar surface area (TPSA) is 101 Å². The molecule has 2 aliphatic heterocycles. The summed E-state index contributed by atoms with van der Waals surface area (Å²) in [4.78, 5) is 33.9. The van der Waals surface area contributed by atoms with Crippen molar-refractivity contribution in [1.29, 1.82) is 5.26 Å². The highest BCUT2D eigenvalue weighted by Crippen LogP contribution is 2.56. The van der Waals surface area contributed by atoms with E-state index in [0.29, 0.717) is 18.7 Å². The number of nitrogens with zero attached hydrogens (tertiary/aromatic N) is 7. The van der Waals surface area contributed by atoms with E-state index in [4.69, 9.17) is 9.97 Å². The third-order valence-corrected chi connectivity index (χ3v) is 8.19. The zero-order chi connectivity index (χ0) is 25.0. The summed E-state index contributed by atoms with van der Waals surface area (Å²) in [5, 5.41) is 12.5. The minimum absolute atomic E-state index is 0.000286. The van der Waals surface area contributed by atoms with Gasteiger partial charge in [0.1, 0.15) is 23.8 Å². The zero-order valence-electron chi connectivity index (χ0n) is 21.2. The third kappa shape index (κ3) is 3.71. The first-order valence-corrected chi connectivity index (χ1v) is 12.5. The van der Waals surface area contributed by atoms with Crippen LogP contribution in [0.25, 0.3) is 0 Å². The van der Waals surface area contributed by atoms with Gasteiger partial charge in [0.15, 0.2) is 0 Å². The predicted octanol–water partition coefficient (Wildman–Crippen LogP) is 2.74. The molecule has 1 N–H and O–H groups in total. The van der Waals surface area contributed by atoms with Crippen molar-refractivity contribution in [2.24, 2.45) is 0 Å². The lowest BCUT2D eigenvalue weighted by Crippen LogP contribution is -2.64. The molecule has 5 rings (SSSR count). The number of amides is 1. The molecule has 0 unspecified atom stereocenters. The van der Waals surface area contributed by atoms with Gasteiger partial charge in [-0.25, -0.2) is 15.0 Å². The second kappa shape index (κ2) is 8.45. The Labute approximate surface area is 207 Å². The SMILES string of the molecule is CNC(C)(C)C(=O)N1C[C@H](C)N(c2ncnc3c2C2(CCC2)CN3c2cc(C#N)ccn2)C[C@H]1C. The van der Waals surface area contributed by atoms with Crippen molar-refractivity contribution in [2.45, 2.75) is 70.0 Å². The molecule has 1 saturated heterocycles. The van der Waals surface area contributed by atoms with E-state index in [1.54, 1.807) is 18.6 Å². The maximum atomic E-state index is 13.2. The van der Waals surface area contributed by atoms with Gasteiger partial charge in [-0.1, -0.05) is 6.42 Å². The van der Waals surface area contributed by atoms with Gasteiger partial charge in [0, 0.05) is 48.9 Å². The Morgan fingerprint density at radius 3 is 2.57 bits per heavy atom. The lowest BCUT2D eigenvalue weighted by Gasteiger charge is -2.48. The van der Waals surface area contributed by atoms with E-state index in [9.17, 15) is 10.1 Å². The molecule has 2 aromatic rings. The van der Waals surface area contributed by atoms with Gasteiger partial charge in [0.05, 0.1) is 17.2 Å². The van der Waals surface area contributed by atoms with Crippen molar-refractivity contribution in [3.8, 4) is 6.07 Å². The van der Waals surface area contributed by atoms with Crippen molar-refractivity contribution in [1.82, 2.24) is 25.2 Å². The second-order valence-corrected chi connectivity index (χ2v) is 10.8. The van der Waals surface area contributed by atoms with Crippen LogP contribution >= 0.6 is 0 Å². The highest BCUT2D eigenvalue weighted by Gasteiger charge is 2.52. The first-order valence-electron chi connectivity index (χ1n) is 12.5. The standard InChI is InChI=1S/C26H34N8O/c1-17-14-33(24(35)25(3,4)28-5)18(2)13-32(17)22-21-23(31-16-30-22)34(15-26(21)8-6-9-26)20-11-19(12-27)7-10-29-20/h7,10-11,16-18,28H,6,8-9,13-15H2,1-5H3/t17-,18+/m0/s1. The van der Waals surface area contributed by atoms with Crippen molar-refractivity contribution in [3.63, 3.8) is 0 Å². The summed E-state index contributed by atoms with van der Waals surface area (Å²) in [7, 11) is 1.83. The van der Waals surface area contributed by atoms with E-state index < -0.39 is 5.54 Å². The number of aromatic nitrogens is 3. The van der Waals surface area contributed by atoms with Gasteiger partial charge in [-0.15, -0.1) is 0 Å². The molecular formula is C26H34N8O. The fourth-order valence-electron chi connectivity index (χ4n) is 5.73. The van der Waals surface area contributed by atoms with Crippen LogP contribution in [0.4, 0.5) is 17.5 Å². The summed E-state index contributed by atoms with van der Waals surface area (Å²) in [6, 6.07) is 5.96. The number of nitrogens with one attached hydrogen (secondary N) is 1. The Bertz CT molecular complexity index is 1180. The van der Waals surface area contributed by atoms with Crippen molar-refractivity contribution >= 4 is 23.4 Å². The summed E-state index contributed by atoms with van der Waals surface area (Å²) >= 11 is 0. The molecule has 1 saturated carbocycles. The number of pyridine rings is 1. The van der Waals surface area contributed by atoms with Gasteiger partial charge < -0.3 is 20.0 Å². The molecule has 9 nitrogen and oxygen atoms in total. The molecule has 2 aromatic heterocycles. The average Bonchev–Trinajstić information content (AvgIpc) is 3.21. The monoisotopic (exact) mass is 474 g/mol. The van der Waals surface area contributed by atoms with Crippen LogP contribution in [-0.4, -0.2) is 70.1 Å². The van der Waals surface area contributed by atoms with E-state index in [1.807, 2.05) is 31.9 Å². The maximum absolute atomic E-state index is 13.2. The van der Waals surface area contributed by atoms with Gasteiger partial charge >= 0.3 is 0 Å². The number of fused-ring (bicyclic) bond motifs is 2. The number of piperazine rings is 1. The minimum Gasteiger partial charge on any atom is -0.350 e. The molecular weight excluding hydrogens is 440 g/mol. The molecule has 184 valence electrons. The van der Waals surface area contributed by atoms with Crippen LogP contribution in [0, 0.1) is 11.3 Å². The predicted molar refractivity (Wildman–Crippen MR) is 135 cm³/mol. The fraction of sp³-hybridized carbons (Fsp3) is 0.577. The van der Waals surface area contributed by atoms with Crippen LogP contribution in [-0.2, 0) is 10.2 Å². The van der Waals surface area contributed by atoms with Crippen LogP contribution in [0.1, 0.15) is 58.1 Å². The number of anilines is 3. The smallest absolute Gasteiger partial charge is 0.242 e. The molecule has 4 heterocycles. The number of carbonyl (C=O) groups is 1. The number of nitriles is 1. The van der Waals surface area contributed by atoms with E-state index in [-0.39, 0.29) is 23.4 Å². The molecule has 0 radical (unpaired) electrons. The molecule has 1 aliphatic carbocycles. The normalized spacial score (nSPS) is 23.1. The third-order valence-electron chi connectivity index (χ3n) is 8.19. The van der Waals surface area contributed by atoms with Gasteiger partial charge in [0.2, 0.25) is 5.91 Å². The van der Waals surface area contributed by atoms with E-state index >= 15 is 0 Å². The van der Waals surface area contributed by atoms with Crippen molar-refractivity contribution < 1.29 is 4.79 Å². The Hall–Kier alpha value is -3.25. The molecule has 2 atom stereocenters. The highest BCUT2D eigenvalue weighted by molar-refractivity contribution is 5.86. The average molecular weight is 475 g/mol. The Morgan fingerprint density at radius 1 is 1.17 bits per heavy atom. The number of likely N-dealkylation sites (N-methyl/N-ethyl adjacent to an activating group) is 1. The molecule has 3 aliphatic rings. The van der Waals surface area contributed by atoms with Gasteiger partial charge in [-0.2, -0.15) is 5.26 Å². The quantitative estimate of drug-likeness (QED) is 0.722. The Balaban J connectivity index is 1.51. The van der Waals surface area contributed by atoms with Crippen molar-refractivity contribution in [2.75, 3.05) is 36.5 Å². The molecule has 9 heteroatoms. The Morgan fingerprint density at radius 2 is 1.91 bits per heavy atom. The first-order chi connectivity index (χ1) is 16.7. The molecule has 1 amide bonds. The van der Waals surface area contributed by atoms with Crippen molar-refractivity contribution in [3.05, 3.63) is 35.8 Å². The van der Waals surface area contributed by atoms with E-state index in [1.165, 1.54) is 12.0 Å². The maximum Gasteiger partial charge on any atom is 0.242 e. The summed E-state index contributed by atoms with van der Waals surface area (Å²) < 4.78 is 0. The molecule has 0 bridgehead atoms. The van der Waals surface area contributed by atoms with E-state index in [2.05, 4.69) is 40.0 Å². The van der Waals surface area contributed by atoms with E-state index in [0.717, 1.165) is 36.8 Å². The van der Waals surface area contributed by atoms with Crippen LogP contribution in [0.2, 0.25) is 0 Å². The molecule has 1 spiro atoms. The van der Waals surface area contributed by atoms with Crippen LogP contribution in [0.5, 0.6) is 0 Å². The molecule has 0 aromatic carbocycles. The van der Waals surface area contributed by atoms with Crippen LogP contribution < -0.4 is 15.1 Å².